The van der Waals surface area contributed by atoms with Gasteiger partial charge in [-0.25, -0.2) is 0 Å². The normalized spacial score (nSPS) is 19.9. The Morgan fingerprint density at radius 2 is 1.90 bits per heavy atom. The first-order valence-corrected chi connectivity index (χ1v) is 3.95. The van der Waals surface area contributed by atoms with Gasteiger partial charge in [0.25, 0.3) is 0 Å². The van der Waals surface area contributed by atoms with E-state index in [4.69, 9.17) is 5.26 Å². The van der Waals surface area contributed by atoms with Crippen LogP contribution in [0.2, 0.25) is 0 Å². The van der Waals surface area contributed by atoms with Gasteiger partial charge in [-0.1, -0.05) is 12.2 Å². The minimum absolute atomic E-state index is 0.667. The molecule has 0 bridgehead atoms. The molecule has 0 saturated carbocycles. The van der Waals surface area contributed by atoms with Crippen LogP contribution in [-0.4, -0.2) is 0 Å². The highest BCUT2D eigenvalue weighted by molar-refractivity contribution is 4.89. The Balaban J connectivity index is 2.28. The molecule has 0 aromatic heterocycles. The molecule has 0 spiro atoms. The van der Waals surface area contributed by atoms with Gasteiger partial charge in [0.2, 0.25) is 0 Å². The molecule has 1 aliphatic carbocycles. The molecule has 1 rings (SSSR count). The lowest BCUT2D eigenvalue weighted by Gasteiger charge is -2.07. The van der Waals surface area contributed by atoms with Crippen LogP contribution < -0.4 is 0 Å². The van der Waals surface area contributed by atoms with E-state index in [1.54, 1.807) is 0 Å². The highest BCUT2D eigenvalue weighted by Gasteiger charge is 2.07. The molecule has 0 unspecified atom stereocenters. The Hall–Kier alpha value is -0.770. The third kappa shape index (κ3) is 2.23. The van der Waals surface area contributed by atoms with Crippen molar-refractivity contribution in [2.45, 2.75) is 32.1 Å². The molecular formula is C9H13N. The van der Waals surface area contributed by atoms with E-state index in [-0.39, 0.29) is 0 Å². The summed E-state index contributed by atoms with van der Waals surface area (Å²) in [4.78, 5) is 0. The van der Waals surface area contributed by atoms with Gasteiger partial charge in [-0.05, 0) is 31.6 Å². The molecule has 0 fully saturated rings. The van der Waals surface area contributed by atoms with Gasteiger partial charge in [0.1, 0.15) is 0 Å². The Labute approximate surface area is 62.4 Å². The number of nitrogens with zero attached hydrogens (tertiary/aromatic N) is 1. The van der Waals surface area contributed by atoms with Crippen LogP contribution in [0, 0.1) is 17.2 Å². The van der Waals surface area contributed by atoms with Crippen molar-refractivity contribution in [3.63, 3.8) is 0 Å². The predicted molar refractivity (Wildman–Crippen MR) is 41.3 cm³/mol. The van der Waals surface area contributed by atoms with E-state index in [2.05, 4.69) is 18.2 Å². The maximum atomic E-state index is 8.44. The largest absolute Gasteiger partial charge is 0.198 e. The van der Waals surface area contributed by atoms with E-state index in [0.717, 1.165) is 6.42 Å². The Morgan fingerprint density at radius 3 is 2.40 bits per heavy atom. The van der Waals surface area contributed by atoms with Crippen molar-refractivity contribution < 1.29 is 0 Å². The topological polar surface area (TPSA) is 23.8 Å². The first-order valence-electron chi connectivity index (χ1n) is 3.95. The average Bonchev–Trinajstić information content (AvgIpc) is 2.17. The smallest absolute Gasteiger partial charge is 0.0624 e. The molecule has 1 nitrogen and oxygen atoms in total. The SMILES string of the molecule is N#CCC1CCC=CCC1. The van der Waals surface area contributed by atoms with E-state index in [1.165, 1.54) is 25.7 Å². The second-order valence-electron chi connectivity index (χ2n) is 2.85. The Kier molecular flexibility index (Phi) is 3.02. The molecule has 0 atom stereocenters. The number of rotatable bonds is 1. The quantitative estimate of drug-likeness (QED) is 0.507. The molecule has 54 valence electrons. The molecule has 1 aliphatic rings. The van der Waals surface area contributed by atoms with Gasteiger partial charge < -0.3 is 0 Å². The van der Waals surface area contributed by atoms with E-state index in [9.17, 15) is 0 Å². The lowest BCUT2D eigenvalue weighted by molar-refractivity contribution is 0.477. The monoisotopic (exact) mass is 135 g/mol. The van der Waals surface area contributed by atoms with Crippen LogP contribution in [0.3, 0.4) is 0 Å². The van der Waals surface area contributed by atoms with Crippen molar-refractivity contribution in [2.24, 2.45) is 5.92 Å². The summed E-state index contributed by atoms with van der Waals surface area (Å²) < 4.78 is 0. The van der Waals surface area contributed by atoms with Gasteiger partial charge in [-0.15, -0.1) is 0 Å². The molecule has 0 heterocycles. The molecule has 0 amide bonds. The van der Waals surface area contributed by atoms with Gasteiger partial charge in [0.15, 0.2) is 0 Å². The van der Waals surface area contributed by atoms with Crippen LogP contribution in [-0.2, 0) is 0 Å². The lowest BCUT2D eigenvalue weighted by atomic mass is 9.97. The number of hydrogen-bond acceptors (Lipinski definition) is 1. The van der Waals surface area contributed by atoms with Crippen molar-refractivity contribution in [2.75, 3.05) is 0 Å². The summed E-state index contributed by atoms with van der Waals surface area (Å²) >= 11 is 0. The molecule has 0 saturated heterocycles. The summed E-state index contributed by atoms with van der Waals surface area (Å²) in [7, 11) is 0. The first-order chi connectivity index (χ1) is 4.93. The van der Waals surface area contributed by atoms with Gasteiger partial charge in [0.05, 0.1) is 6.07 Å². The van der Waals surface area contributed by atoms with Crippen LogP contribution in [0.1, 0.15) is 32.1 Å². The van der Waals surface area contributed by atoms with E-state index < -0.39 is 0 Å². The summed E-state index contributed by atoms with van der Waals surface area (Å²) in [6, 6.07) is 2.24. The van der Waals surface area contributed by atoms with E-state index >= 15 is 0 Å². The van der Waals surface area contributed by atoms with Crippen LogP contribution in [0.15, 0.2) is 12.2 Å². The van der Waals surface area contributed by atoms with Crippen LogP contribution >= 0.6 is 0 Å². The molecule has 0 radical (unpaired) electrons. The van der Waals surface area contributed by atoms with Crippen molar-refractivity contribution >= 4 is 0 Å². The average molecular weight is 135 g/mol. The first kappa shape index (κ1) is 7.34. The molecule has 0 aromatic rings. The lowest BCUT2D eigenvalue weighted by Crippen LogP contribution is -1.96. The van der Waals surface area contributed by atoms with Crippen molar-refractivity contribution in [1.82, 2.24) is 0 Å². The summed E-state index contributed by atoms with van der Waals surface area (Å²) in [6.07, 6.45) is 9.99. The molecular weight excluding hydrogens is 122 g/mol. The van der Waals surface area contributed by atoms with Gasteiger partial charge in [-0.2, -0.15) is 5.26 Å². The number of hydrogen-bond donors (Lipinski definition) is 0. The Morgan fingerprint density at radius 1 is 1.30 bits per heavy atom. The summed E-state index contributed by atoms with van der Waals surface area (Å²) in [6.45, 7) is 0. The zero-order valence-corrected chi connectivity index (χ0v) is 6.21. The Bertz CT molecular complexity index is 143. The maximum Gasteiger partial charge on any atom is 0.0624 e. The minimum atomic E-state index is 0.667. The summed E-state index contributed by atoms with van der Waals surface area (Å²) in [5, 5.41) is 8.44. The fourth-order valence-electron chi connectivity index (χ4n) is 1.38. The van der Waals surface area contributed by atoms with Gasteiger partial charge in [-0.3, -0.25) is 0 Å². The van der Waals surface area contributed by atoms with E-state index in [0.29, 0.717) is 5.92 Å². The van der Waals surface area contributed by atoms with Crippen molar-refractivity contribution in [1.29, 1.82) is 5.26 Å². The predicted octanol–water partition coefficient (Wildman–Crippen LogP) is 2.65. The fraction of sp³-hybridized carbons (Fsp3) is 0.667. The summed E-state index contributed by atoms with van der Waals surface area (Å²) in [5.41, 5.74) is 0. The third-order valence-corrected chi connectivity index (χ3v) is 2.03. The zero-order valence-electron chi connectivity index (χ0n) is 6.21. The molecule has 10 heavy (non-hydrogen) atoms. The molecule has 0 N–H and O–H groups in total. The molecule has 1 heteroatoms. The summed E-state index contributed by atoms with van der Waals surface area (Å²) in [5.74, 6) is 0.667. The second kappa shape index (κ2) is 4.11. The number of allylic oxidation sites excluding steroid dienone is 2. The van der Waals surface area contributed by atoms with Gasteiger partial charge in [0, 0.05) is 6.42 Å². The van der Waals surface area contributed by atoms with Crippen LogP contribution in [0.25, 0.3) is 0 Å². The van der Waals surface area contributed by atoms with Crippen LogP contribution in [0.4, 0.5) is 0 Å². The molecule has 0 aliphatic heterocycles. The fourth-order valence-corrected chi connectivity index (χ4v) is 1.38. The zero-order chi connectivity index (χ0) is 7.23. The standard InChI is InChI=1S/C9H13N/c10-8-7-9-5-3-1-2-4-6-9/h1-2,9H,3-7H2. The minimum Gasteiger partial charge on any atom is -0.198 e. The number of nitriles is 1. The van der Waals surface area contributed by atoms with E-state index in [1.807, 2.05) is 0 Å². The second-order valence-corrected chi connectivity index (χ2v) is 2.85. The maximum absolute atomic E-state index is 8.44. The third-order valence-electron chi connectivity index (χ3n) is 2.03. The highest BCUT2D eigenvalue weighted by atomic mass is 14.2. The van der Waals surface area contributed by atoms with Crippen molar-refractivity contribution in [3.8, 4) is 6.07 Å². The van der Waals surface area contributed by atoms with Crippen LogP contribution in [0.5, 0.6) is 0 Å². The van der Waals surface area contributed by atoms with Crippen molar-refractivity contribution in [3.05, 3.63) is 12.2 Å². The molecule has 0 aromatic carbocycles. The van der Waals surface area contributed by atoms with Gasteiger partial charge >= 0.3 is 0 Å². The highest BCUT2D eigenvalue weighted by Crippen LogP contribution is 2.20.